The second-order valence-electron chi connectivity index (χ2n) is 5.75. The molecule has 3 heterocycles. The summed E-state index contributed by atoms with van der Waals surface area (Å²) in [6, 6.07) is 9.94. The molecule has 5 nitrogen and oxygen atoms in total. The summed E-state index contributed by atoms with van der Waals surface area (Å²) >= 11 is 3.19. The highest BCUT2D eigenvalue weighted by Gasteiger charge is 2.17. The number of para-hydroxylation sites is 1. The van der Waals surface area contributed by atoms with Crippen molar-refractivity contribution in [3.8, 4) is 0 Å². The normalized spacial score (nSPS) is 13.1. The summed E-state index contributed by atoms with van der Waals surface area (Å²) in [5.41, 5.74) is 1.80. The molecule has 122 valence electrons. The van der Waals surface area contributed by atoms with Crippen molar-refractivity contribution < 1.29 is 0 Å². The maximum atomic E-state index is 12.1. The van der Waals surface area contributed by atoms with E-state index in [-0.39, 0.29) is 11.6 Å². The molecular weight excluding hydrogens is 340 g/mol. The topological polar surface area (TPSA) is 50.5 Å². The first-order valence-electron chi connectivity index (χ1n) is 7.63. The summed E-state index contributed by atoms with van der Waals surface area (Å²) in [4.78, 5) is 24.3. The van der Waals surface area contributed by atoms with Crippen molar-refractivity contribution in [2.45, 2.75) is 19.5 Å². The van der Waals surface area contributed by atoms with Crippen molar-refractivity contribution in [3.63, 3.8) is 0 Å². The van der Waals surface area contributed by atoms with Crippen LogP contribution in [0.4, 0.5) is 0 Å². The second kappa shape index (κ2) is 6.08. The van der Waals surface area contributed by atoms with E-state index < -0.39 is 0 Å². The van der Waals surface area contributed by atoms with E-state index in [1.807, 2.05) is 30.6 Å². The van der Waals surface area contributed by atoms with E-state index in [1.165, 1.54) is 16.0 Å². The Kier molecular flexibility index (Phi) is 3.91. The van der Waals surface area contributed by atoms with Crippen LogP contribution in [0.2, 0.25) is 0 Å². The molecule has 1 atom stereocenters. The van der Waals surface area contributed by atoms with Gasteiger partial charge in [0.25, 0.3) is 5.56 Å². The summed E-state index contributed by atoms with van der Waals surface area (Å²) in [5.74, 6) is 0. The number of fused-ring (bicyclic) bond motifs is 2. The van der Waals surface area contributed by atoms with E-state index in [0.717, 1.165) is 21.2 Å². The van der Waals surface area contributed by atoms with E-state index >= 15 is 0 Å². The van der Waals surface area contributed by atoms with Gasteiger partial charge in [-0.25, -0.2) is 9.97 Å². The lowest BCUT2D eigenvalue weighted by atomic mass is 10.3. The molecule has 0 saturated heterocycles. The molecule has 7 heteroatoms. The summed E-state index contributed by atoms with van der Waals surface area (Å²) < 4.78 is 2.77. The van der Waals surface area contributed by atoms with Gasteiger partial charge in [0.2, 0.25) is 0 Å². The zero-order chi connectivity index (χ0) is 16.7. The van der Waals surface area contributed by atoms with Gasteiger partial charge in [-0.2, -0.15) is 0 Å². The fourth-order valence-electron chi connectivity index (χ4n) is 2.62. The Morgan fingerprint density at radius 1 is 1.29 bits per heavy atom. The van der Waals surface area contributed by atoms with Crippen molar-refractivity contribution in [1.82, 2.24) is 19.3 Å². The molecule has 3 aromatic heterocycles. The Balaban J connectivity index is 1.59. The van der Waals surface area contributed by atoms with E-state index in [0.29, 0.717) is 6.54 Å². The Bertz CT molecular complexity index is 1030. The zero-order valence-electron chi connectivity index (χ0n) is 13.3. The van der Waals surface area contributed by atoms with Gasteiger partial charge < -0.3 is 0 Å². The average Bonchev–Trinajstić information content (AvgIpc) is 3.20. The lowest BCUT2D eigenvalue weighted by Gasteiger charge is -2.22. The van der Waals surface area contributed by atoms with Gasteiger partial charge in [0.15, 0.2) is 4.96 Å². The highest BCUT2D eigenvalue weighted by molar-refractivity contribution is 7.18. The zero-order valence-corrected chi connectivity index (χ0v) is 15.0. The molecule has 0 spiro atoms. The highest BCUT2D eigenvalue weighted by atomic mass is 32.1. The van der Waals surface area contributed by atoms with Gasteiger partial charge in [0.1, 0.15) is 5.01 Å². The number of hydrogen-bond acceptors (Lipinski definition) is 6. The van der Waals surface area contributed by atoms with Crippen LogP contribution in [-0.4, -0.2) is 26.3 Å². The van der Waals surface area contributed by atoms with Crippen molar-refractivity contribution in [3.05, 3.63) is 63.0 Å². The Hall–Kier alpha value is -2.09. The van der Waals surface area contributed by atoms with Crippen molar-refractivity contribution >= 4 is 37.9 Å². The van der Waals surface area contributed by atoms with Crippen LogP contribution in [0.1, 0.15) is 23.7 Å². The minimum Gasteiger partial charge on any atom is -0.291 e. The lowest BCUT2D eigenvalue weighted by molar-refractivity contribution is 0.250. The van der Waals surface area contributed by atoms with Gasteiger partial charge in [-0.3, -0.25) is 14.1 Å². The number of nitrogens with zero attached hydrogens (tertiary/aromatic N) is 4. The number of aromatic nitrogens is 3. The Labute approximate surface area is 146 Å². The summed E-state index contributed by atoms with van der Waals surface area (Å²) in [6.07, 6.45) is 1.76. The largest absolute Gasteiger partial charge is 0.291 e. The first-order chi connectivity index (χ1) is 11.6. The lowest BCUT2D eigenvalue weighted by Crippen LogP contribution is -2.24. The van der Waals surface area contributed by atoms with E-state index in [4.69, 9.17) is 4.98 Å². The van der Waals surface area contributed by atoms with Crippen molar-refractivity contribution in [2.24, 2.45) is 0 Å². The molecule has 0 unspecified atom stereocenters. The van der Waals surface area contributed by atoms with Crippen LogP contribution in [0.5, 0.6) is 0 Å². The Morgan fingerprint density at radius 2 is 2.12 bits per heavy atom. The van der Waals surface area contributed by atoms with Gasteiger partial charge in [-0.1, -0.05) is 12.1 Å². The number of rotatable bonds is 4. The Morgan fingerprint density at radius 3 is 2.96 bits per heavy atom. The second-order valence-corrected chi connectivity index (χ2v) is 7.69. The van der Waals surface area contributed by atoms with Gasteiger partial charge in [0.05, 0.1) is 22.0 Å². The molecule has 24 heavy (non-hydrogen) atoms. The average molecular weight is 356 g/mol. The fourth-order valence-corrected chi connectivity index (χ4v) is 4.44. The minimum atomic E-state index is -0.0303. The molecule has 0 saturated carbocycles. The minimum absolute atomic E-state index is 0.0303. The van der Waals surface area contributed by atoms with Gasteiger partial charge >= 0.3 is 0 Å². The summed E-state index contributed by atoms with van der Waals surface area (Å²) in [7, 11) is 2.04. The summed E-state index contributed by atoms with van der Waals surface area (Å²) in [6.45, 7) is 2.75. The van der Waals surface area contributed by atoms with Gasteiger partial charge in [-0.05, 0) is 26.1 Å². The third-order valence-corrected chi connectivity index (χ3v) is 6.06. The maximum absolute atomic E-state index is 12.1. The SMILES string of the molecule is C[C@H](c1nc2ccccc2s1)N(C)Cc1cc(=O)n2ccsc2n1. The molecule has 0 aliphatic heterocycles. The smallest absolute Gasteiger partial charge is 0.258 e. The van der Waals surface area contributed by atoms with Crippen LogP contribution in [0, 0.1) is 0 Å². The van der Waals surface area contributed by atoms with Crippen LogP contribution in [0.15, 0.2) is 46.7 Å². The quantitative estimate of drug-likeness (QED) is 0.561. The van der Waals surface area contributed by atoms with E-state index in [1.54, 1.807) is 28.0 Å². The molecule has 0 aliphatic rings. The molecule has 0 amide bonds. The van der Waals surface area contributed by atoms with Gasteiger partial charge in [0, 0.05) is 24.2 Å². The van der Waals surface area contributed by atoms with Crippen LogP contribution >= 0.6 is 22.7 Å². The van der Waals surface area contributed by atoms with Crippen molar-refractivity contribution in [2.75, 3.05) is 7.05 Å². The molecule has 0 fully saturated rings. The molecule has 1 aromatic carbocycles. The molecular formula is C17H16N4OS2. The number of thiazole rings is 2. The molecule has 4 aromatic rings. The highest BCUT2D eigenvalue weighted by Crippen LogP contribution is 2.29. The predicted octanol–water partition coefficient (Wildman–Crippen LogP) is 3.56. The fraction of sp³-hybridized carbons (Fsp3) is 0.235. The molecule has 0 N–H and O–H groups in total. The number of benzene rings is 1. The third-order valence-electron chi connectivity index (χ3n) is 4.10. The molecule has 0 radical (unpaired) electrons. The number of hydrogen-bond donors (Lipinski definition) is 0. The van der Waals surface area contributed by atoms with Crippen LogP contribution in [-0.2, 0) is 6.54 Å². The van der Waals surface area contributed by atoms with E-state index in [9.17, 15) is 4.79 Å². The standard InChI is InChI=1S/C17H16N4OS2/c1-11(16-19-13-5-3-4-6-14(13)24-16)20(2)10-12-9-15(22)21-7-8-23-17(21)18-12/h3-9,11H,10H2,1-2H3/t11-/m1/s1. The van der Waals surface area contributed by atoms with Gasteiger partial charge in [-0.15, -0.1) is 22.7 Å². The summed E-state index contributed by atoms with van der Waals surface area (Å²) in [5, 5.41) is 2.95. The van der Waals surface area contributed by atoms with Crippen molar-refractivity contribution in [1.29, 1.82) is 0 Å². The van der Waals surface area contributed by atoms with Crippen LogP contribution in [0.3, 0.4) is 0 Å². The molecule has 4 rings (SSSR count). The first kappa shape index (κ1) is 15.4. The van der Waals surface area contributed by atoms with E-state index in [2.05, 4.69) is 22.9 Å². The third kappa shape index (κ3) is 2.75. The monoisotopic (exact) mass is 356 g/mol. The predicted molar refractivity (Wildman–Crippen MR) is 98.8 cm³/mol. The first-order valence-corrected chi connectivity index (χ1v) is 9.33. The maximum Gasteiger partial charge on any atom is 0.258 e. The van der Waals surface area contributed by atoms with Crippen LogP contribution in [0.25, 0.3) is 15.2 Å². The molecule has 0 bridgehead atoms. The molecule has 0 aliphatic carbocycles. The van der Waals surface area contributed by atoms with Crippen LogP contribution < -0.4 is 5.56 Å².